The number of nitrogens with zero attached hydrogens (tertiary/aromatic N) is 1. The van der Waals surface area contributed by atoms with Crippen LogP contribution in [0.3, 0.4) is 0 Å². The molecular formula is C20H32N2O2. The predicted octanol–water partition coefficient (Wildman–Crippen LogP) is 3.40. The zero-order chi connectivity index (χ0) is 17.9. The number of methoxy groups -OCH3 is 1. The number of nitrogens with two attached hydrogens (primary N) is 1. The predicted molar refractivity (Wildman–Crippen MR) is 97.9 cm³/mol. The molecule has 0 radical (unpaired) electrons. The SMILES string of the molecule is COC1(c2cccc(C(N)=O)c2)C(C)CCCC1CN(C)C(C)C. The molecular weight excluding hydrogens is 300 g/mol. The minimum atomic E-state index is -0.387. The Balaban J connectivity index is 2.46. The molecule has 0 aliphatic heterocycles. The van der Waals surface area contributed by atoms with Gasteiger partial charge in [-0.05, 0) is 57.4 Å². The highest BCUT2D eigenvalue weighted by molar-refractivity contribution is 5.92. The zero-order valence-corrected chi connectivity index (χ0v) is 15.7. The van der Waals surface area contributed by atoms with Crippen molar-refractivity contribution in [1.29, 1.82) is 0 Å². The summed E-state index contributed by atoms with van der Waals surface area (Å²) in [5, 5.41) is 0. The van der Waals surface area contributed by atoms with Crippen molar-refractivity contribution in [1.82, 2.24) is 4.90 Å². The lowest BCUT2D eigenvalue weighted by Crippen LogP contribution is -2.50. The molecule has 1 aliphatic rings. The molecule has 134 valence electrons. The van der Waals surface area contributed by atoms with Crippen LogP contribution in [0.5, 0.6) is 0 Å². The highest BCUT2D eigenvalue weighted by Crippen LogP contribution is 2.48. The van der Waals surface area contributed by atoms with Gasteiger partial charge in [-0.25, -0.2) is 0 Å². The van der Waals surface area contributed by atoms with Gasteiger partial charge in [0, 0.05) is 31.2 Å². The van der Waals surface area contributed by atoms with E-state index >= 15 is 0 Å². The molecule has 0 heterocycles. The van der Waals surface area contributed by atoms with Crippen LogP contribution in [0.2, 0.25) is 0 Å². The molecule has 1 aromatic carbocycles. The Kier molecular flexibility index (Phi) is 6.05. The van der Waals surface area contributed by atoms with E-state index in [2.05, 4.69) is 38.8 Å². The van der Waals surface area contributed by atoms with Crippen molar-refractivity contribution in [2.75, 3.05) is 20.7 Å². The average Bonchev–Trinajstić information content (AvgIpc) is 2.55. The first-order chi connectivity index (χ1) is 11.3. The molecule has 1 saturated carbocycles. The van der Waals surface area contributed by atoms with Gasteiger partial charge in [0.05, 0.1) is 5.60 Å². The normalized spacial score (nSPS) is 27.6. The first kappa shape index (κ1) is 18.9. The second kappa shape index (κ2) is 7.66. The summed E-state index contributed by atoms with van der Waals surface area (Å²) >= 11 is 0. The summed E-state index contributed by atoms with van der Waals surface area (Å²) in [6.07, 6.45) is 3.49. The molecule has 0 aromatic heterocycles. The highest BCUT2D eigenvalue weighted by atomic mass is 16.5. The summed E-state index contributed by atoms with van der Waals surface area (Å²) in [4.78, 5) is 14.0. The first-order valence-electron chi connectivity index (χ1n) is 8.98. The topological polar surface area (TPSA) is 55.6 Å². The van der Waals surface area contributed by atoms with Crippen LogP contribution in [0.4, 0.5) is 0 Å². The number of rotatable bonds is 6. The lowest BCUT2D eigenvalue weighted by molar-refractivity contribution is -0.132. The smallest absolute Gasteiger partial charge is 0.248 e. The molecule has 2 N–H and O–H groups in total. The average molecular weight is 332 g/mol. The van der Waals surface area contributed by atoms with Gasteiger partial charge >= 0.3 is 0 Å². The highest BCUT2D eigenvalue weighted by Gasteiger charge is 2.47. The Morgan fingerprint density at radius 1 is 1.42 bits per heavy atom. The van der Waals surface area contributed by atoms with E-state index in [1.165, 1.54) is 6.42 Å². The fraction of sp³-hybridized carbons (Fsp3) is 0.650. The fourth-order valence-corrected chi connectivity index (χ4v) is 4.21. The monoisotopic (exact) mass is 332 g/mol. The van der Waals surface area contributed by atoms with Crippen LogP contribution in [0, 0.1) is 11.8 Å². The number of ether oxygens (including phenoxy) is 1. The van der Waals surface area contributed by atoms with E-state index in [0.717, 1.165) is 24.9 Å². The number of primary amides is 1. The Bertz CT molecular complexity index is 573. The van der Waals surface area contributed by atoms with E-state index in [1.54, 1.807) is 13.2 Å². The number of hydrogen-bond acceptors (Lipinski definition) is 3. The summed E-state index contributed by atoms with van der Waals surface area (Å²) in [6.45, 7) is 7.68. The van der Waals surface area contributed by atoms with Gasteiger partial charge in [0.25, 0.3) is 0 Å². The Hall–Kier alpha value is -1.39. The molecule has 4 heteroatoms. The molecule has 1 aromatic rings. The van der Waals surface area contributed by atoms with Crippen molar-refractivity contribution >= 4 is 5.91 Å². The van der Waals surface area contributed by atoms with Crippen LogP contribution >= 0.6 is 0 Å². The molecule has 0 spiro atoms. The van der Waals surface area contributed by atoms with Gasteiger partial charge in [-0.2, -0.15) is 0 Å². The van der Waals surface area contributed by atoms with Crippen molar-refractivity contribution in [2.24, 2.45) is 17.6 Å². The lowest BCUT2D eigenvalue weighted by atomic mass is 9.65. The van der Waals surface area contributed by atoms with Crippen molar-refractivity contribution in [3.63, 3.8) is 0 Å². The molecule has 3 atom stereocenters. The van der Waals surface area contributed by atoms with Crippen molar-refractivity contribution in [3.05, 3.63) is 35.4 Å². The second-order valence-electron chi connectivity index (χ2n) is 7.50. The third-order valence-electron chi connectivity index (χ3n) is 5.85. The number of carbonyl (C=O) groups is 1. The van der Waals surface area contributed by atoms with E-state index < -0.39 is 0 Å². The van der Waals surface area contributed by atoms with Gasteiger partial charge in [-0.1, -0.05) is 25.5 Å². The number of benzene rings is 1. The molecule has 1 aliphatic carbocycles. The van der Waals surface area contributed by atoms with E-state index in [1.807, 2.05) is 12.1 Å². The van der Waals surface area contributed by atoms with Crippen LogP contribution in [0.15, 0.2) is 24.3 Å². The van der Waals surface area contributed by atoms with E-state index in [-0.39, 0.29) is 11.5 Å². The van der Waals surface area contributed by atoms with Gasteiger partial charge < -0.3 is 15.4 Å². The largest absolute Gasteiger partial charge is 0.373 e. The lowest BCUT2D eigenvalue weighted by Gasteiger charge is -2.49. The van der Waals surface area contributed by atoms with Gasteiger partial charge in [-0.15, -0.1) is 0 Å². The third-order valence-corrected chi connectivity index (χ3v) is 5.85. The molecule has 3 unspecified atom stereocenters. The molecule has 1 fully saturated rings. The van der Waals surface area contributed by atoms with E-state index in [9.17, 15) is 4.79 Å². The summed E-state index contributed by atoms with van der Waals surface area (Å²) in [5.41, 5.74) is 6.76. The summed E-state index contributed by atoms with van der Waals surface area (Å²) in [5.74, 6) is 0.397. The van der Waals surface area contributed by atoms with Gasteiger partial charge in [0.2, 0.25) is 5.91 Å². The van der Waals surface area contributed by atoms with Crippen molar-refractivity contribution in [3.8, 4) is 0 Å². The second-order valence-corrected chi connectivity index (χ2v) is 7.50. The van der Waals surface area contributed by atoms with E-state index in [4.69, 9.17) is 10.5 Å². The minimum Gasteiger partial charge on any atom is -0.373 e. The van der Waals surface area contributed by atoms with Crippen LogP contribution < -0.4 is 5.73 Å². The van der Waals surface area contributed by atoms with Crippen molar-refractivity contribution in [2.45, 2.75) is 51.7 Å². The quantitative estimate of drug-likeness (QED) is 0.868. The minimum absolute atomic E-state index is 0.368. The molecule has 1 amide bonds. The van der Waals surface area contributed by atoms with Gasteiger partial charge in [0.15, 0.2) is 0 Å². The third kappa shape index (κ3) is 3.50. The van der Waals surface area contributed by atoms with Crippen molar-refractivity contribution < 1.29 is 9.53 Å². The van der Waals surface area contributed by atoms with Crippen LogP contribution in [-0.4, -0.2) is 37.6 Å². The number of hydrogen-bond donors (Lipinski definition) is 1. The van der Waals surface area contributed by atoms with Gasteiger partial charge in [-0.3, -0.25) is 4.79 Å². The maximum absolute atomic E-state index is 11.6. The maximum atomic E-state index is 11.6. The number of carbonyl (C=O) groups excluding carboxylic acids is 1. The van der Waals surface area contributed by atoms with E-state index in [0.29, 0.717) is 23.4 Å². The molecule has 0 saturated heterocycles. The zero-order valence-electron chi connectivity index (χ0n) is 15.7. The molecule has 4 nitrogen and oxygen atoms in total. The Morgan fingerprint density at radius 2 is 2.12 bits per heavy atom. The molecule has 0 bridgehead atoms. The maximum Gasteiger partial charge on any atom is 0.248 e. The number of amides is 1. The molecule has 24 heavy (non-hydrogen) atoms. The Morgan fingerprint density at radius 3 is 2.71 bits per heavy atom. The van der Waals surface area contributed by atoms with Gasteiger partial charge in [0.1, 0.15) is 0 Å². The Labute approximate surface area is 146 Å². The summed E-state index contributed by atoms with van der Waals surface area (Å²) in [7, 11) is 3.98. The van der Waals surface area contributed by atoms with Crippen LogP contribution in [0.1, 0.15) is 56.0 Å². The van der Waals surface area contributed by atoms with Crippen LogP contribution in [0.25, 0.3) is 0 Å². The molecule has 2 rings (SSSR count). The summed E-state index contributed by atoms with van der Waals surface area (Å²) in [6, 6.07) is 8.20. The first-order valence-corrected chi connectivity index (χ1v) is 8.98. The van der Waals surface area contributed by atoms with Crippen LogP contribution in [-0.2, 0) is 10.3 Å². The standard InChI is InChI=1S/C20H32N2O2/c1-14(2)22(4)13-18-11-6-8-15(3)20(18,24-5)17-10-7-9-16(12-17)19(21)23/h7,9-10,12,14-15,18H,6,8,11,13H2,1-5H3,(H2,21,23). The fourth-order valence-electron chi connectivity index (χ4n) is 4.21. The summed E-state index contributed by atoms with van der Waals surface area (Å²) < 4.78 is 6.23.